The summed E-state index contributed by atoms with van der Waals surface area (Å²) in [7, 11) is 0. The number of hydrogen-bond acceptors (Lipinski definition) is 6. The molecule has 0 N–H and O–H groups in total. The van der Waals surface area contributed by atoms with Gasteiger partial charge in [-0.05, 0) is 89.9 Å². The second-order valence-corrected chi connectivity index (χ2v) is 23.1. The minimum Gasteiger partial charge on any atom is -0.462 e. The molecule has 0 amide bonds. The van der Waals surface area contributed by atoms with Crippen molar-refractivity contribution in [2.75, 3.05) is 13.2 Å². The number of rotatable bonds is 63. The van der Waals surface area contributed by atoms with Crippen LogP contribution in [0.15, 0.2) is 72.9 Å². The number of ether oxygens (including phenoxy) is 3. The lowest BCUT2D eigenvalue weighted by Gasteiger charge is -2.18. The molecule has 0 aliphatic carbocycles. The van der Waals surface area contributed by atoms with Gasteiger partial charge in [0, 0.05) is 19.3 Å². The Morgan fingerprint density at radius 1 is 0.266 bits per heavy atom. The van der Waals surface area contributed by atoms with Gasteiger partial charge in [-0.15, -0.1) is 0 Å². The summed E-state index contributed by atoms with van der Waals surface area (Å²) in [6, 6.07) is 0. The molecule has 1 unspecified atom stereocenters. The Kier molecular flexibility index (Phi) is 64.7. The molecule has 0 saturated carbocycles. The minimum absolute atomic E-state index is 0.0721. The van der Waals surface area contributed by atoms with E-state index >= 15 is 0 Å². The summed E-state index contributed by atoms with van der Waals surface area (Å²) in [5, 5.41) is 0. The molecule has 0 radical (unpaired) electrons. The van der Waals surface area contributed by atoms with Gasteiger partial charge in [-0.1, -0.05) is 318 Å². The molecule has 0 aromatic carbocycles. The summed E-state index contributed by atoms with van der Waals surface area (Å²) in [4.78, 5) is 38.3. The Hall–Kier alpha value is -3.15. The van der Waals surface area contributed by atoms with Crippen LogP contribution in [0.2, 0.25) is 0 Å². The molecule has 0 fully saturated rings. The topological polar surface area (TPSA) is 78.9 Å². The van der Waals surface area contributed by atoms with E-state index in [1.54, 1.807) is 0 Å². The van der Waals surface area contributed by atoms with Gasteiger partial charge in [-0.25, -0.2) is 0 Å². The van der Waals surface area contributed by atoms with Gasteiger partial charge in [0.25, 0.3) is 0 Å². The van der Waals surface area contributed by atoms with Crippen molar-refractivity contribution in [2.24, 2.45) is 0 Å². The van der Waals surface area contributed by atoms with E-state index in [2.05, 4.69) is 93.7 Å². The first-order chi connectivity index (χ1) is 39.0. The van der Waals surface area contributed by atoms with Crippen molar-refractivity contribution in [3.63, 3.8) is 0 Å². The smallest absolute Gasteiger partial charge is 0.306 e. The Bertz CT molecular complexity index is 1450. The van der Waals surface area contributed by atoms with E-state index in [1.807, 2.05) is 0 Å². The summed E-state index contributed by atoms with van der Waals surface area (Å²) in [5.41, 5.74) is 0. The van der Waals surface area contributed by atoms with E-state index in [-0.39, 0.29) is 31.1 Å². The van der Waals surface area contributed by atoms with Gasteiger partial charge in [0.1, 0.15) is 13.2 Å². The first kappa shape index (κ1) is 75.8. The summed E-state index contributed by atoms with van der Waals surface area (Å²) in [5.74, 6) is -0.859. The van der Waals surface area contributed by atoms with Gasteiger partial charge in [-0.2, -0.15) is 0 Å². The number of esters is 3. The van der Waals surface area contributed by atoms with Crippen LogP contribution < -0.4 is 0 Å². The Morgan fingerprint density at radius 2 is 0.494 bits per heavy atom. The Balaban J connectivity index is 4.13. The number of hydrogen-bond donors (Lipinski definition) is 0. The van der Waals surface area contributed by atoms with Crippen LogP contribution in [0.4, 0.5) is 0 Å². The molecule has 0 aromatic heterocycles. The molecular formula is C73H130O6. The normalized spacial score (nSPS) is 12.5. The van der Waals surface area contributed by atoms with Crippen molar-refractivity contribution in [2.45, 2.75) is 361 Å². The van der Waals surface area contributed by atoms with Gasteiger partial charge in [-0.3, -0.25) is 14.4 Å². The van der Waals surface area contributed by atoms with Gasteiger partial charge in [0.05, 0.1) is 0 Å². The van der Waals surface area contributed by atoms with Crippen LogP contribution in [-0.2, 0) is 28.6 Å². The fraction of sp³-hybridized carbons (Fsp3) is 0.795. The zero-order chi connectivity index (χ0) is 57.1. The molecule has 6 heteroatoms. The molecule has 79 heavy (non-hydrogen) atoms. The molecule has 0 spiro atoms. The number of carbonyl (C=O) groups excluding carboxylic acids is 3. The predicted molar refractivity (Wildman–Crippen MR) is 344 cm³/mol. The maximum absolute atomic E-state index is 12.9. The molecule has 458 valence electrons. The highest BCUT2D eigenvalue weighted by molar-refractivity contribution is 5.71. The van der Waals surface area contributed by atoms with Crippen LogP contribution in [0.25, 0.3) is 0 Å². The first-order valence-electron chi connectivity index (χ1n) is 34.4. The summed E-state index contributed by atoms with van der Waals surface area (Å²) in [6.45, 7) is 6.55. The average molecular weight is 1100 g/mol. The second-order valence-electron chi connectivity index (χ2n) is 23.1. The van der Waals surface area contributed by atoms with Crippen LogP contribution in [0, 0.1) is 0 Å². The zero-order valence-corrected chi connectivity index (χ0v) is 52.6. The molecular weight excluding hydrogens is 973 g/mol. The van der Waals surface area contributed by atoms with Gasteiger partial charge in [0.2, 0.25) is 0 Å². The third-order valence-corrected chi connectivity index (χ3v) is 15.2. The van der Waals surface area contributed by atoms with E-state index in [0.717, 1.165) is 96.3 Å². The van der Waals surface area contributed by atoms with E-state index in [4.69, 9.17) is 14.2 Å². The SMILES string of the molecule is CC/C=C\C/C=C\C/C=C\C/C=C\C/C=C\CCCCCCCCCCCCCCCCCCCC(=O)OCC(COC(=O)CCCCCCC/C=C\CCCCCC)OC(=O)CCCCCCCCCCCCCCCCC. The number of carbonyl (C=O) groups is 3. The highest BCUT2D eigenvalue weighted by Gasteiger charge is 2.19. The van der Waals surface area contributed by atoms with Crippen LogP contribution in [0.1, 0.15) is 355 Å². The fourth-order valence-corrected chi connectivity index (χ4v) is 10.1. The molecule has 0 bridgehead atoms. The van der Waals surface area contributed by atoms with E-state index in [1.165, 1.54) is 218 Å². The van der Waals surface area contributed by atoms with Crippen molar-refractivity contribution >= 4 is 17.9 Å². The van der Waals surface area contributed by atoms with Crippen molar-refractivity contribution in [1.29, 1.82) is 0 Å². The van der Waals surface area contributed by atoms with Gasteiger partial charge < -0.3 is 14.2 Å². The zero-order valence-electron chi connectivity index (χ0n) is 52.6. The highest BCUT2D eigenvalue weighted by Crippen LogP contribution is 2.18. The standard InChI is InChI=1S/C73H130O6/c1-4-7-10-13-16-19-22-25-27-28-29-30-31-32-33-34-35-36-37-38-39-40-41-42-43-44-46-48-51-54-57-60-63-66-72(75)78-69-70(68-77-71(74)65-62-59-56-53-50-47-24-21-18-15-12-9-6-3)79-73(76)67-64-61-58-55-52-49-45-26-23-20-17-14-11-8-5-2/h7,10,16,19,21,24-25,27,29-30,32-33,70H,4-6,8-9,11-15,17-18,20,22-23,26,28,31,34-69H2,1-3H3/b10-7-,19-16-,24-21-,27-25-,30-29-,33-32-. The lowest BCUT2D eigenvalue weighted by atomic mass is 10.0. The van der Waals surface area contributed by atoms with E-state index < -0.39 is 6.10 Å². The number of allylic oxidation sites excluding steroid dienone is 12. The molecule has 0 saturated heterocycles. The molecule has 1 atom stereocenters. The van der Waals surface area contributed by atoms with Crippen LogP contribution >= 0.6 is 0 Å². The third-order valence-electron chi connectivity index (χ3n) is 15.2. The summed E-state index contributed by atoms with van der Waals surface area (Å²) in [6.07, 6.45) is 87.9. The lowest BCUT2D eigenvalue weighted by Crippen LogP contribution is -2.30. The lowest BCUT2D eigenvalue weighted by molar-refractivity contribution is -0.167. The van der Waals surface area contributed by atoms with Crippen molar-refractivity contribution in [3.8, 4) is 0 Å². The van der Waals surface area contributed by atoms with E-state index in [0.29, 0.717) is 19.3 Å². The molecule has 0 aliphatic rings. The summed E-state index contributed by atoms with van der Waals surface area (Å²) >= 11 is 0. The van der Waals surface area contributed by atoms with Crippen LogP contribution in [0.5, 0.6) is 0 Å². The second kappa shape index (κ2) is 67.4. The average Bonchev–Trinajstić information content (AvgIpc) is 3.45. The fourth-order valence-electron chi connectivity index (χ4n) is 10.1. The molecule has 0 aliphatic heterocycles. The third kappa shape index (κ3) is 65.5. The molecule has 0 heterocycles. The largest absolute Gasteiger partial charge is 0.462 e. The van der Waals surface area contributed by atoms with Gasteiger partial charge >= 0.3 is 17.9 Å². The predicted octanol–water partition coefficient (Wildman–Crippen LogP) is 23.7. The van der Waals surface area contributed by atoms with E-state index in [9.17, 15) is 14.4 Å². The Labute approximate surface area is 491 Å². The summed E-state index contributed by atoms with van der Waals surface area (Å²) < 4.78 is 16.9. The van der Waals surface area contributed by atoms with Crippen molar-refractivity contribution in [3.05, 3.63) is 72.9 Å². The maximum Gasteiger partial charge on any atom is 0.306 e. The molecule has 6 nitrogen and oxygen atoms in total. The van der Waals surface area contributed by atoms with Gasteiger partial charge in [0.15, 0.2) is 6.10 Å². The Morgan fingerprint density at radius 3 is 0.797 bits per heavy atom. The first-order valence-corrected chi connectivity index (χ1v) is 34.4. The maximum atomic E-state index is 12.9. The quantitative estimate of drug-likeness (QED) is 0.0261. The molecule has 0 rings (SSSR count). The van der Waals surface area contributed by atoms with Crippen LogP contribution in [0.3, 0.4) is 0 Å². The monoisotopic (exact) mass is 1100 g/mol. The van der Waals surface area contributed by atoms with Crippen molar-refractivity contribution in [1.82, 2.24) is 0 Å². The van der Waals surface area contributed by atoms with Crippen LogP contribution in [-0.4, -0.2) is 37.2 Å². The molecule has 0 aromatic rings. The van der Waals surface area contributed by atoms with Crippen molar-refractivity contribution < 1.29 is 28.6 Å². The number of unbranched alkanes of at least 4 members (excludes halogenated alkanes) is 40. The highest BCUT2D eigenvalue weighted by atomic mass is 16.6. The minimum atomic E-state index is -0.775.